The monoisotopic (exact) mass is 494 g/mol. The van der Waals surface area contributed by atoms with Crippen molar-refractivity contribution in [3.05, 3.63) is 70.9 Å². The number of nitrogens with zero attached hydrogens (tertiary/aromatic N) is 2. The largest absolute Gasteiger partial charge is 0.496 e. The van der Waals surface area contributed by atoms with Crippen molar-refractivity contribution in [3.63, 3.8) is 0 Å². The molecule has 0 saturated heterocycles. The van der Waals surface area contributed by atoms with E-state index in [9.17, 15) is 9.59 Å². The molecular weight excluding hydrogens is 468 g/mol. The van der Waals surface area contributed by atoms with Crippen LogP contribution in [0.4, 0.5) is 0 Å². The number of allylic oxidation sites excluding steroid dienone is 1. The van der Waals surface area contributed by atoms with E-state index in [0.717, 1.165) is 5.56 Å². The lowest BCUT2D eigenvalue weighted by atomic mass is 9.93. The summed E-state index contributed by atoms with van der Waals surface area (Å²) < 4.78 is 21.7. The first-order valence-electron chi connectivity index (χ1n) is 11.0. The molecule has 9 heteroatoms. The van der Waals surface area contributed by atoms with Gasteiger partial charge in [-0.05, 0) is 43.7 Å². The summed E-state index contributed by atoms with van der Waals surface area (Å²) in [6, 6.07) is 12.0. The summed E-state index contributed by atoms with van der Waals surface area (Å²) in [5.41, 5.74) is 2.24. The number of carbonyl (C=O) groups excluding carboxylic acids is 2. The summed E-state index contributed by atoms with van der Waals surface area (Å²) in [4.78, 5) is 33.5. The minimum atomic E-state index is -0.749. The molecule has 0 bridgehead atoms. The molecule has 2 aromatic rings. The number of esters is 1. The minimum Gasteiger partial charge on any atom is -0.496 e. The Morgan fingerprint density at radius 1 is 1.03 bits per heavy atom. The number of fused-ring (bicyclic) bond motifs is 1. The van der Waals surface area contributed by atoms with Gasteiger partial charge in [0.15, 0.2) is 16.7 Å². The van der Waals surface area contributed by atoms with Crippen molar-refractivity contribution >= 4 is 33.7 Å². The molecule has 0 spiro atoms. The van der Waals surface area contributed by atoms with E-state index in [1.54, 1.807) is 47.3 Å². The molecular formula is C26H26N2O6S. The molecule has 0 saturated carbocycles. The number of thioether (sulfide) groups is 1. The van der Waals surface area contributed by atoms with Gasteiger partial charge in [0.05, 0.1) is 39.2 Å². The van der Waals surface area contributed by atoms with Crippen molar-refractivity contribution in [3.8, 4) is 17.2 Å². The SMILES string of the molecule is CCOC(=O)C1=C(C)N=C2SC(c3ccc(OC)c(OC)c3)=CC(=O)N2C1c1ccccc1OC. The van der Waals surface area contributed by atoms with Crippen molar-refractivity contribution in [2.45, 2.75) is 19.9 Å². The third-order valence-electron chi connectivity index (χ3n) is 5.68. The van der Waals surface area contributed by atoms with Crippen LogP contribution in [-0.2, 0) is 14.3 Å². The molecule has 0 aliphatic carbocycles. The summed E-state index contributed by atoms with van der Waals surface area (Å²) in [5, 5.41) is 0.462. The normalized spacial score (nSPS) is 17.3. The molecule has 0 aromatic heterocycles. The zero-order valence-electron chi connectivity index (χ0n) is 20.2. The smallest absolute Gasteiger partial charge is 0.338 e. The topological polar surface area (TPSA) is 86.7 Å². The van der Waals surface area contributed by atoms with Gasteiger partial charge in [0.2, 0.25) is 0 Å². The fourth-order valence-electron chi connectivity index (χ4n) is 4.08. The summed E-state index contributed by atoms with van der Waals surface area (Å²) in [5.74, 6) is 0.878. The average molecular weight is 495 g/mol. The number of hydrogen-bond acceptors (Lipinski definition) is 8. The van der Waals surface area contributed by atoms with Crippen molar-refractivity contribution in [2.24, 2.45) is 4.99 Å². The van der Waals surface area contributed by atoms with Crippen LogP contribution >= 0.6 is 11.8 Å². The van der Waals surface area contributed by atoms with E-state index in [4.69, 9.17) is 18.9 Å². The third kappa shape index (κ3) is 4.51. The lowest BCUT2D eigenvalue weighted by molar-refractivity contribution is -0.139. The van der Waals surface area contributed by atoms with Crippen LogP contribution in [0.5, 0.6) is 17.2 Å². The van der Waals surface area contributed by atoms with Gasteiger partial charge in [-0.3, -0.25) is 9.69 Å². The first-order chi connectivity index (χ1) is 16.9. The molecule has 2 aliphatic heterocycles. The third-order valence-corrected chi connectivity index (χ3v) is 6.73. The predicted molar refractivity (Wildman–Crippen MR) is 134 cm³/mol. The van der Waals surface area contributed by atoms with Gasteiger partial charge >= 0.3 is 5.97 Å². The van der Waals surface area contributed by atoms with E-state index in [0.29, 0.717) is 44.2 Å². The molecule has 0 fully saturated rings. The van der Waals surface area contributed by atoms with Gasteiger partial charge in [-0.1, -0.05) is 30.0 Å². The van der Waals surface area contributed by atoms with Gasteiger partial charge in [-0.2, -0.15) is 0 Å². The zero-order valence-corrected chi connectivity index (χ0v) is 21.0. The highest BCUT2D eigenvalue weighted by Gasteiger charge is 2.43. The van der Waals surface area contributed by atoms with Crippen LogP contribution in [-0.4, -0.2) is 49.9 Å². The Kier molecular flexibility index (Phi) is 7.16. The van der Waals surface area contributed by atoms with Crippen molar-refractivity contribution in [1.29, 1.82) is 0 Å². The highest BCUT2D eigenvalue weighted by molar-refractivity contribution is 8.21. The van der Waals surface area contributed by atoms with Crippen molar-refractivity contribution in [1.82, 2.24) is 4.90 Å². The molecule has 182 valence electrons. The molecule has 0 N–H and O–H groups in total. The zero-order chi connectivity index (χ0) is 25.1. The molecule has 1 unspecified atom stereocenters. The number of aliphatic imine (C=N–C) groups is 1. The van der Waals surface area contributed by atoms with Gasteiger partial charge in [-0.25, -0.2) is 9.79 Å². The number of hydrogen-bond donors (Lipinski definition) is 0. The molecule has 1 amide bonds. The maximum atomic E-state index is 13.6. The molecule has 4 rings (SSSR count). The Morgan fingerprint density at radius 2 is 1.74 bits per heavy atom. The summed E-state index contributed by atoms with van der Waals surface area (Å²) in [6.07, 6.45) is 1.54. The van der Waals surface area contributed by atoms with Crippen LogP contribution in [0.15, 0.2) is 64.8 Å². The first kappa shape index (κ1) is 24.4. The molecule has 8 nitrogen and oxygen atoms in total. The summed E-state index contributed by atoms with van der Waals surface area (Å²) >= 11 is 1.34. The Balaban J connectivity index is 1.84. The van der Waals surface area contributed by atoms with Crippen LogP contribution in [0.1, 0.15) is 31.0 Å². The Morgan fingerprint density at radius 3 is 2.43 bits per heavy atom. The van der Waals surface area contributed by atoms with E-state index >= 15 is 0 Å². The van der Waals surface area contributed by atoms with E-state index in [2.05, 4.69) is 4.99 Å². The summed E-state index contributed by atoms with van der Waals surface area (Å²) in [7, 11) is 4.68. The van der Waals surface area contributed by atoms with Crippen LogP contribution in [0.2, 0.25) is 0 Å². The number of ether oxygens (including phenoxy) is 4. The minimum absolute atomic E-state index is 0.205. The molecule has 2 aromatic carbocycles. The summed E-state index contributed by atoms with van der Waals surface area (Å²) in [6.45, 7) is 3.69. The molecule has 2 heterocycles. The van der Waals surface area contributed by atoms with E-state index in [1.807, 2.05) is 30.3 Å². The number of carbonyl (C=O) groups is 2. The first-order valence-corrected chi connectivity index (χ1v) is 11.8. The maximum Gasteiger partial charge on any atom is 0.338 e. The van der Waals surface area contributed by atoms with Gasteiger partial charge in [-0.15, -0.1) is 0 Å². The van der Waals surface area contributed by atoms with E-state index in [1.165, 1.54) is 22.7 Å². The highest BCUT2D eigenvalue weighted by atomic mass is 32.2. The number of methoxy groups -OCH3 is 3. The van der Waals surface area contributed by atoms with Crippen LogP contribution in [0.25, 0.3) is 4.91 Å². The van der Waals surface area contributed by atoms with Gasteiger partial charge < -0.3 is 18.9 Å². The second-order valence-corrected chi connectivity index (χ2v) is 8.66. The standard InChI is InChI=1S/C26H26N2O6S/c1-6-34-25(30)23-15(2)27-26-28(24(23)17-9-7-8-10-18(17)31-3)22(29)14-21(35-26)16-11-12-19(32-4)20(13-16)33-5/h7-14,24H,6H2,1-5H3. The lowest BCUT2D eigenvalue weighted by Crippen LogP contribution is -2.44. The molecule has 0 radical (unpaired) electrons. The molecule has 2 aliphatic rings. The highest BCUT2D eigenvalue weighted by Crippen LogP contribution is 2.46. The number of amidine groups is 1. The second-order valence-electron chi connectivity index (χ2n) is 7.65. The number of rotatable bonds is 7. The maximum absolute atomic E-state index is 13.6. The number of benzene rings is 2. The fourth-order valence-corrected chi connectivity index (χ4v) is 5.16. The molecule has 35 heavy (non-hydrogen) atoms. The Bertz CT molecular complexity index is 1270. The average Bonchev–Trinajstić information content (AvgIpc) is 2.87. The quantitative estimate of drug-likeness (QED) is 0.521. The van der Waals surface area contributed by atoms with Crippen molar-refractivity contribution in [2.75, 3.05) is 27.9 Å². The van der Waals surface area contributed by atoms with Gasteiger partial charge in [0.25, 0.3) is 5.91 Å². The van der Waals surface area contributed by atoms with Crippen LogP contribution in [0, 0.1) is 0 Å². The fraction of sp³-hybridized carbons (Fsp3) is 0.269. The second kappa shape index (κ2) is 10.3. The molecule has 1 atom stereocenters. The Labute approximate surface area is 208 Å². The number of para-hydroxylation sites is 1. The van der Waals surface area contributed by atoms with E-state index < -0.39 is 12.0 Å². The number of amides is 1. The predicted octanol–water partition coefficient (Wildman–Crippen LogP) is 4.58. The lowest BCUT2D eigenvalue weighted by Gasteiger charge is -2.38. The van der Waals surface area contributed by atoms with Crippen LogP contribution in [0.3, 0.4) is 0 Å². The van der Waals surface area contributed by atoms with Gasteiger partial charge in [0, 0.05) is 16.5 Å². The van der Waals surface area contributed by atoms with Crippen molar-refractivity contribution < 1.29 is 28.5 Å². The van der Waals surface area contributed by atoms with Gasteiger partial charge in [0.1, 0.15) is 11.8 Å². The van der Waals surface area contributed by atoms with E-state index in [-0.39, 0.29) is 12.5 Å². The Hall–Kier alpha value is -3.72. The van der Waals surface area contributed by atoms with Crippen LogP contribution < -0.4 is 14.2 Å².